The Kier molecular flexibility index (Phi) is 3.93. The molecule has 0 spiro atoms. The first-order valence-corrected chi connectivity index (χ1v) is 6.74. The molecule has 0 heterocycles. The molecule has 0 saturated heterocycles. The highest BCUT2D eigenvalue weighted by Gasteiger charge is 2.37. The van der Waals surface area contributed by atoms with Crippen LogP contribution in [0.5, 0.6) is 0 Å². The number of nitrogens with two attached hydrogens (primary N) is 1. The molecule has 0 radical (unpaired) electrons. The molecular weight excluding hydrogens is 248 g/mol. The van der Waals surface area contributed by atoms with E-state index in [1.165, 1.54) is 0 Å². The predicted molar refractivity (Wildman–Crippen MR) is 73.4 cm³/mol. The molecule has 3 N–H and O–H groups in total. The molecule has 1 aromatic rings. The van der Waals surface area contributed by atoms with Gasteiger partial charge in [-0.25, -0.2) is 0 Å². The van der Waals surface area contributed by atoms with Crippen molar-refractivity contribution >= 4 is 17.5 Å². The average Bonchev–Trinajstić information content (AvgIpc) is 2.78. The molecule has 4 heteroatoms. The van der Waals surface area contributed by atoms with Crippen LogP contribution in [0.25, 0.3) is 0 Å². The summed E-state index contributed by atoms with van der Waals surface area (Å²) < 4.78 is 0. The van der Waals surface area contributed by atoms with Crippen molar-refractivity contribution in [1.29, 1.82) is 0 Å². The summed E-state index contributed by atoms with van der Waals surface area (Å²) in [5.74, 6) is -0.0394. The molecule has 98 valence electrons. The maximum Gasteiger partial charge on any atom is 0.240 e. The smallest absolute Gasteiger partial charge is 0.240 e. The lowest BCUT2D eigenvalue weighted by atomic mass is 9.97. The monoisotopic (exact) mass is 266 g/mol. The molecular formula is C14H19ClN2O. The van der Waals surface area contributed by atoms with Crippen LogP contribution >= 0.6 is 11.6 Å². The summed E-state index contributed by atoms with van der Waals surface area (Å²) in [5.41, 5.74) is 6.49. The van der Waals surface area contributed by atoms with Gasteiger partial charge in [0.05, 0.1) is 11.6 Å². The molecule has 1 aromatic carbocycles. The lowest BCUT2D eigenvalue weighted by Gasteiger charge is -2.25. The molecule has 0 unspecified atom stereocenters. The van der Waals surface area contributed by atoms with E-state index in [0.717, 1.165) is 31.2 Å². The number of halogens is 1. The number of hydrogen-bond acceptors (Lipinski definition) is 2. The van der Waals surface area contributed by atoms with Crippen LogP contribution in [0.1, 0.15) is 44.2 Å². The Balaban J connectivity index is 2.00. The maximum absolute atomic E-state index is 12.2. The van der Waals surface area contributed by atoms with Crippen LogP contribution in [0.2, 0.25) is 5.02 Å². The van der Waals surface area contributed by atoms with Crippen molar-refractivity contribution in [2.45, 2.75) is 44.2 Å². The van der Waals surface area contributed by atoms with Gasteiger partial charge in [0.15, 0.2) is 0 Å². The molecule has 1 atom stereocenters. The highest BCUT2D eigenvalue weighted by Crippen LogP contribution is 2.28. The second-order valence-electron chi connectivity index (χ2n) is 5.11. The molecule has 2 rings (SSSR count). The van der Waals surface area contributed by atoms with Gasteiger partial charge in [0.1, 0.15) is 0 Å². The Hall–Kier alpha value is -1.06. The zero-order chi connectivity index (χ0) is 13.2. The number of rotatable bonds is 3. The highest BCUT2D eigenvalue weighted by molar-refractivity contribution is 6.30. The summed E-state index contributed by atoms with van der Waals surface area (Å²) in [7, 11) is 0. The zero-order valence-electron chi connectivity index (χ0n) is 10.6. The Bertz CT molecular complexity index is 424. The van der Waals surface area contributed by atoms with E-state index >= 15 is 0 Å². The second-order valence-corrected chi connectivity index (χ2v) is 5.55. The van der Waals surface area contributed by atoms with Gasteiger partial charge in [0.2, 0.25) is 5.91 Å². The first kappa shape index (κ1) is 13.4. The van der Waals surface area contributed by atoms with Crippen LogP contribution < -0.4 is 11.1 Å². The Morgan fingerprint density at radius 3 is 2.44 bits per heavy atom. The predicted octanol–water partition coefficient (Wildman–Crippen LogP) is 2.79. The van der Waals surface area contributed by atoms with Gasteiger partial charge >= 0.3 is 0 Å². The minimum atomic E-state index is -0.666. The van der Waals surface area contributed by atoms with Crippen molar-refractivity contribution < 1.29 is 4.79 Å². The first-order chi connectivity index (χ1) is 8.51. The first-order valence-electron chi connectivity index (χ1n) is 6.36. The fraction of sp³-hybridized carbons (Fsp3) is 0.500. The second kappa shape index (κ2) is 5.29. The fourth-order valence-electron chi connectivity index (χ4n) is 2.41. The van der Waals surface area contributed by atoms with E-state index in [-0.39, 0.29) is 11.9 Å². The summed E-state index contributed by atoms with van der Waals surface area (Å²) >= 11 is 5.84. The van der Waals surface area contributed by atoms with E-state index < -0.39 is 5.54 Å². The van der Waals surface area contributed by atoms with Gasteiger partial charge in [-0.2, -0.15) is 0 Å². The van der Waals surface area contributed by atoms with Gasteiger partial charge < -0.3 is 11.1 Å². The van der Waals surface area contributed by atoms with Gasteiger partial charge in [0, 0.05) is 5.02 Å². The number of nitrogens with one attached hydrogen (secondary N) is 1. The van der Waals surface area contributed by atoms with Gasteiger partial charge in [-0.15, -0.1) is 0 Å². The van der Waals surface area contributed by atoms with Crippen molar-refractivity contribution in [2.24, 2.45) is 5.73 Å². The number of carbonyl (C=O) groups excluding carboxylic acids is 1. The molecule has 1 aliphatic carbocycles. The Morgan fingerprint density at radius 1 is 1.33 bits per heavy atom. The Morgan fingerprint density at radius 2 is 1.89 bits per heavy atom. The summed E-state index contributed by atoms with van der Waals surface area (Å²) in [5, 5.41) is 3.69. The van der Waals surface area contributed by atoms with Crippen molar-refractivity contribution in [2.75, 3.05) is 0 Å². The number of hydrogen-bond donors (Lipinski definition) is 2. The van der Waals surface area contributed by atoms with Gasteiger partial charge in [-0.05, 0) is 37.5 Å². The largest absolute Gasteiger partial charge is 0.348 e. The van der Waals surface area contributed by atoms with Crippen LogP contribution in [0.4, 0.5) is 0 Å². The van der Waals surface area contributed by atoms with Gasteiger partial charge in [-0.3, -0.25) is 4.79 Å². The normalized spacial score (nSPS) is 19.5. The third kappa shape index (κ3) is 2.85. The van der Waals surface area contributed by atoms with Crippen LogP contribution in [0.15, 0.2) is 24.3 Å². The standard InChI is InChI=1S/C14H19ClN2O/c1-10(11-4-6-12(15)7-5-11)17-13(18)14(16)8-2-3-9-14/h4-7,10H,2-3,8-9,16H2,1H3,(H,17,18)/t10-/m0/s1. The summed E-state index contributed by atoms with van der Waals surface area (Å²) in [6.07, 6.45) is 3.65. The third-order valence-electron chi connectivity index (χ3n) is 3.67. The van der Waals surface area contributed by atoms with E-state index in [9.17, 15) is 4.79 Å². The number of amides is 1. The number of carbonyl (C=O) groups is 1. The lowest BCUT2D eigenvalue weighted by Crippen LogP contribution is -2.52. The van der Waals surface area contributed by atoms with Gasteiger partial charge in [-0.1, -0.05) is 36.6 Å². The number of benzene rings is 1. The van der Waals surface area contributed by atoms with Gasteiger partial charge in [0.25, 0.3) is 0 Å². The molecule has 0 aromatic heterocycles. The van der Waals surface area contributed by atoms with E-state index in [0.29, 0.717) is 5.02 Å². The molecule has 1 fully saturated rings. The zero-order valence-corrected chi connectivity index (χ0v) is 11.3. The van der Waals surface area contributed by atoms with Crippen molar-refractivity contribution in [1.82, 2.24) is 5.32 Å². The summed E-state index contributed by atoms with van der Waals surface area (Å²) in [4.78, 5) is 12.2. The van der Waals surface area contributed by atoms with E-state index in [1.54, 1.807) is 0 Å². The van der Waals surface area contributed by atoms with E-state index in [4.69, 9.17) is 17.3 Å². The third-order valence-corrected chi connectivity index (χ3v) is 3.92. The molecule has 1 amide bonds. The molecule has 3 nitrogen and oxygen atoms in total. The quantitative estimate of drug-likeness (QED) is 0.884. The van der Waals surface area contributed by atoms with Crippen LogP contribution in [0, 0.1) is 0 Å². The van der Waals surface area contributed by atoms with Crippen molar-refractivity contribution in [3.05, 3.63) is 34.9 Å². The highest BCUT2D eigenvalue weighted by atomic mass is 35.5. The molecule has 1 saturated carbocycles. The molecule has 1 aliphatic rings. The van der Waals surface area contributed by atoms with E-state index in [2.05, 4.69) is 5.32 Å². The fourth-order valence-corrected chi connectivity index (χ4v) is 2.53. The van der Waals surface area contributed by atoms with E-state index in [1.807, 2.05) is 31.2 Å². The topological polar surface area (TPSA) is 55.1 Å². The minimum Gasteiger partial charge on any atom is -0.348 e. The lowest BCUT2D eigenvalue weighted by molar-refractivity contribution is -0.126. The average molecular weight is 267 g/mol. The summed E-state index contributed by atoms with van der Waals surface area (Å²) in [6.45, 7) is 1.96. The van der Waals surface area contributed by atoms with Crippen LogP contribution in [0.3, 0.4) is 0 Å². The van der Waals surface area contributed by atoms with Crippen molar-refractivity contribution in [3.63, 3.8) is 0 Å². The molecule has 0 aliphatic heterocycles. The van der Waals surface area contributed by atoms with Crippen molar-refractivity contribution in [3.8, 4) is 0 Å². The van der Waals surface area contributed by atoms with Crippen LogP contribution in [-0.4, -0.2) is 11.4 Å². The SMILES string of the molecule is C[C@H](NC(=O)C1(N)CCCC1)c1ccc(Cl)cc1. The molecule has 0 bridgehead atoms. The minimum absolute atomic E-state index is 0.0394. The maximum atomic E-state index is 12.2. The molecule has 18 heavy (non-hydrogen) atoms. The Labute approximate surface area is 113 Å². The summed E-state index contributed by atoms with van der Waals surface area (Å²) in [6, 6.07) is 7.45. The van der Waals surface area contributed by atoms with Crippen LogP contribution in [-0.2, 0) is 4.79 Å².